The van der Waals surface area contributed by atoms with Crippen LogP contribution in [0.15, 0.2) is 42.5 Å². The second kappa shape index (κ2) is 7.74. The second-order valence-corrected chi connectivity index (χ2v) is 5.33. The fourth-order valence-electron chi connectivity index (χ4n) is 2.14. The monoisotopic (exact) mass is 334 g/mol. The SMILES string of the molecule is COc1cc(NC(=O)N[C@H](C)c2ccccc2)c(OC)cc1Cl. The summed E-state index contributed by atoms with van der Waals surface area (Å²) < 4.78 is 10.4. The Morgan fingerprint density at radius 3 is 2.35 bits per heavy atom. The van der Waals surface area contributed by atoms with Gasteiger partial charge in [0.2, 0.25) is 0 Å². The summed E-state index contributed by atoms with van der Waals surface area (Å²) in [6, 6.07) is 12.4. The van der Waals surface area contributed by atoms with Crippen LogP contribution >= 0.6 is 11.6 Å². The van der Waals surface area contributed by atoms with Gasteiger partial charge in [-0.1, -0.05) is 41.9 Å². The standard InChI is InChI=1S/C17H19ClN2O3/c1-11(12-7-5-4-6-8-12)19-17(21)20-14-10-15(22-2)13(18)9-16(14)23-3/h4-11H,1-3H3,(H2,19,20,21)/t11-/m1/s1. The van der Waals surface area contributed by atoms with E-state index in [1.807, 2.05) is 37.3 Å². The highest BCUT2D eigenvalue weighted by atomic mass is 35.5. The Bertz CT molecular complexity index is 677. The first-order valence-electron chi connectivity index (χ1n) is 7.09. The zero-order chi connectivity index (χ0) is 16.8. The van der Waals surface area contributed by atoms with Gasteiger partial charge in [-0.2, -0.15) is 0 Å². The van der Waals surface area contributed by atoms with Gasteiger partial charge in [0.25, 0.3) is 0 Å². The molecule has 5 nitrogen and oxygen atoms in total. The van der Waals surface area contributed by atoms with Crippen molar-refractivity contribution in [3.8, 4) is 11.5 Å². The predicted octanol–water partition coefficient (Wildman–Crippen LogP) is 4.24. The summed E-state index contributed by atoms with van der Waals surface area (Å²) >= 11 is 6.05. The number of carbonyl (C=O) groups excluding carboxylic acids is 1. The molecule has 6 heteroatoms. The number of methoxy groups -OCH3 is 2. The summed E-state index contributed by atoms with van der Waals surface area (Å²) in [4.78, 5) is 12.2. The minimum absolute atomic E-state index is 0.128. The van der Waals surface area contributed by atoms with Gasteiger partial charge in [-0.15, -0.1) is 0 Å². The summed E-state index contributed by atoms with van der Waals surface area (Å²) in [5, 5.41) is 6.03. The number of amides is 2. The van der Waals surface area contributed by atoms with Crippen LogP contribution in [0.5, 0.6) is 11.5 Å². The van der Waals surface area contributed by atoms with E-state index < -0.39 is 0 Å². The summed E-state index contributed by atoms with van der Waals surface area (Å²) in [7, 11) is 3.02. The summed E-state index contributed by atoms with van der Waals surface area (Å²) in [5.74, 6) is 0.914. The number of hydrogen-bond donors (Lipinski definition) is 2. The fraction of sp³-hybridized carbons (Fsp3) is 0.235. The van der Waals surface area contributed by atoms with E-state index in [0.717, 1.165) is 5.56 Å². The van der Waals surface area contributed by atoms with Gasteiger partial charge in [0.05, 0.1) is 31.0 Å². The molecular formula is C17H19ClN2O3. The maximum Gasteiger partial charge on any atom is 0.319 e. The van der Waals surface area contributed by atoms with Crippen LogP contribution in [0.25, 0.3) is 0 Å². The molecule has 1 atom stereocenters. The van der Waals surface area contributed by atoms with E-state index >= 15 is 0 Å². The van der Waals surface area contributed by atoms with Crippen LogP contribution in [0.1, 0.15) is 18.5 Å². The van der Waals surface area contributed by atoms with Gasteiger partial charge >= 0.3 is 6.03 Å². The number of urea groups is 1. The van der Waals surface area contributed by atoms with Crippen molar-refractivity contribution in [1.82, 2.24) is 5.32 Å². The van der Waals surface area contributed by atoms with Crippen molar-refractivity contribution >= 4 is 23.3 Å². The maximum absolute atomic E-state index is 12.2. The zero-order valence-electron chi connectivity index (χ0n) is 13.2. The van der Waals surface area contributed by atoms with Crippen LogP contribution in [0.2, 0.25) is 5.02 Å². The molecule has 2 rings (SSSR count). The Balaban J connectivity index is 2.11. The van der Waals surface area contributed by atoms with Crippen molar-refractivity contribution in [2.24, 2.45) is 0 Å². The van der Waals surface area contributed by atoms with Crippen LogP contribution in [0.4, 0.5) is 10.5 Å². The molecule has 23 heavy (non-hydrogen) atoms. The average Bonchev–Trinajstić information content (AvgIpc) is 2.56. The molecule has 0 saturated heterocycles. The van der Waals surface area contributed by atoms with Crippen molar-refractivity contribution in [2.75, 3.05) is 19.5 Å². The minimum atomic E-state index is -0.343. The van der Waals surface area contributed by atoms with Crippen LogP contribution in [-0.4, -0.2) is 20.3 Å². The molecule has 0 fully saturated rings. The highest BCUT2D eigenvalue weighted by Gasteiger charge is 2.14. The van der Waals surface area contributed by atoms with E-state index in [9.17, 15) is 4.79 Å². The van der Waals surface area contributed by atoms with Gasteiger partial charge in [0.1, 0.15) is 11.5 Å². The van der Waals surface area contributed by atoms with Crippen LogP contribution in [0, 0.1) is 0 Å². The number of halogens is 1. The molecule has 0 aliphatic carbocycles. The van der Waals surface area contributed by atoms with Crippen LogP contribution in [-0.2, 0) is 0 Å². The van der Waals surface area contributed by atoms with Gasteiger partial charge in [-0.25, -0.2) is 4.79 Å². The topological polar surface area (TPSA) is 59.6 Å². The summed E-state index contributed by atoms with van der Waals surface area (Å²) in [6.45, 7) is 1.91. The van der Waals surface area contributed by atoms with E-state index in [2.05, 4.69) is 10.6 Å². The first-order chi connectivity index (χ1) is 11.0. The Hall–Kier alpha value is -2.40. The molecule has 0 saturated carbocycles. The molecule has 0 radical (unpaired) electrons. The Morgan fingerprint density at radius 2 is 1.74 bits per heavy atom. The van der Waals surface area contributed by atoms with E-state index in [1.165, 1.54) is 14.2 Å². The molecular weight excluding hydrogens is 316 g/mol. The van der Waals surface area contributed by atoms with Crippen molar-refractivity contribution in [3.05, 3.63) is 53.1 Å². The third-order valence-corrected chi connectivity index (χ3v) is 3.66. The molecule has 122 valence electrons. The minimum Gasteiger partial charge on any atom is -0.495 e. The largest absolute Gasteiger partial charge is 0.495 e. The summed E-state index contributed by atoms with van der Waals surface area (Å²) in [6.07, 6.45) is 0. The third kappa shape index (κ3) is 4.29. The molecule has 0 aliphatic rings. The highest BCUT2D eigenvalue weighted by molar-refractivity contribution is 6.32. The van der Waals surface area contributed by atoms with E-state index in [-0.39, 0.29) is 12.1 Å². The highest BCUT2D eigenvalue weighted by Crippen LogP contribution is 2.35. The van der Waals surface area contributed by atoms with Crippen LogP contribution < -0.4 is 20.1 Å². The number of rotatable bonds is 5. The molecule has 2 aromatic carbocycles. The molecule has 0 bridgehead atoms. The summed E-state index contributed by atoms with van der Waals surface area (Å²) in [5.41, 5.74) is 1.50. The second-order valence-electron chi connectivity index (χ2n) is 4.92. The van der Waals surface area contributed by atoms with E-state index in [1.54, 1.807) is 12.1 Å². The number of nitrogens with one attached hydrogen (secondary N) is 2. The van der Waals surface area contributed by atoms with Gasteiger partial charge in [0, 0.05) is 12.1 Å². The van der Waals surface area contributed by atoms with Gasteiger partial charge in [-0.3, -0.25) is 0 Å². The van der Waals surface area contributed by atoms with Gasteiger partial charge in [0.15, 0.2) is 0 Å². The molecule has 0 aromatic heterocycles. The first-order valence-corrected chi connectivity index (χ1v) is 7.47. The third-order valence-electron chi connectivity index (χ3n) is 3.37. The number of carbonyl (C=O) groups is 1. The van der Waals surface area contributed by atoms with E-state index in [0.29, 0.717) is 22.2 Å². The fourth-order valence-corrected chi connectivity index (χ4v) is 2.37. The lowest BCUT2D eigenvalue weighted by Gasteiger charge is -2.17. The number of anilines is 1. The molecule has 0 aliphatic heterocycles. The maximum atomic E-state index is 12.2. The number of benzene rings is 2. The van der Waals surface area contributed by atoms with Crippen molar-refractivity contribution in [3.63, 3.8) is 0 Å². The lowest BCUT2D eigenvalue weighted by atomic mass is 10.1. The Labute approximate surface area is 140 Å². The molecule has 0 unspecified atom stereocenters. The lowest BCUT2D eigenvalue weighted by molar-refractivity contribution is 0.249. The van der Waals surface area contributed by atoms with Crippen molar-refractivity contribution in [2.45, 2.75) is 13.0 Å². The van der Waals surface area contributed by atoms with Crippen molar-refractivity contribution < 1.29 is 14.3 Å². The van der Waals surface area contributed by atoms with Crippen LogP contribution in [0.3, 0.4) is 0 Å². The Morgan fingerprint density at radius 1 is 1.09 bits per heavy atom. The van der Waals surface area contributed by atoms with Crippen molar-refractivity contribution in [1.29, 1.82) is 0 Å². The normalized spacial score (nSPS) is 11.5. The molecule has 2 amide bonds. The lowest BCUT2D eigenvalue weighted by Crippen LogP contribution is -2.31. The quantitative estimate of drug-likeness (QED) is 0.859. The molecule has 2 aromatic rings. The average molecular weight is 335 g/mol. The molecule has 0 heterocycles. The number of ether oxygens (including phenoxy) is 2. The molecule has 0 spiro atoms. The Kier molecular flexibility index (Phi) is 5.71. The van der Waals surface area contributed by atoms with Gasteiger partial charge < -0.3 is 20.1 Å². The van der Waals surface area contributed by atoms with Gasteiger partial charge in [-0.05, 0) is 12.5 Å². The van der Waals surface area contributed by atoms with E-state index in [4.69, 9.17) is 21.1 Å². The zero-order valence-corrected chi connectivity index (χ0v) is 14.0. The smallest absolute Gasteiger partial charge is 0.319 e. The molecule has 2 N–H and O–H groups in total. The first kappa shape index (κ1) is 17.0. The predicted molar refractivity (Wildman–Crippen MR) is 91.6 cm³/mol. The number of hydrogen-bond acceptors (Lipinski definition) is 3.